The molecule has 7 heteroatoms. The fraction of sp³-hybridized carbons (Fsp3) is 0.318. The second-order valence-electron chi connectivity index (χ2n) is 7.28. The average molecular weight is 392 g/mol. The van der Waals surface area contributed by atoms with Crippen LogP contribution in [0.5, 0.6) is 0 Å². The Balaban J connectivity index is 1.75. The van der Waals surface area contributed by atoms with Gasteiger partial charge in [-0.3, -0.25) is 14.6 Å². The molecule has 3 heterocycles. The van der Waals surface area contributed by atoms with Crippen LogP contribution in [0, 0.1) is 13.8 Å². The van der Waals surface area contributed by atoms with E-state index in [4.69, 9.17) is 4.74 Å². The van der Waals surface area contributed by atoms with Gasteiger partial charge in [0.15, 0.2) is 0 Å². The highest BCUT2D eigenvalue weighted by Crippen LogP contribution is 2.30. The van der Waals surface area contributed by atoms with E-state index in [1.54, 1.807) is 19.2 Å². The van der Waals surface area contributed by atoms with Gasteiger partial charge in [0.1, 0.15) is 5.69 Å². The van der Waals surface area contributed by atoms with Gasteiger partial charge in [0.2, 0.25) is 0 Å². The molecule has 1 fully saturated rings. The molecule has 2 aromatic heterocycles. The number of morpholine rings is 1. The number of carbonyl (C=O) groups excluding carboxylic acids is 1. The summed E-state index contributed by atoms with van der Waals surface area (Å²) in [7, 11) is 1.62. The Hall–Kier alpha value is -3.19. The lowest BCUT2D eigenvalue weighted by atomic mass is 10.1. The largest absolute Gasteiger partial charge is 0.378 e. The standard InChI is InChI=1S/C22H24N4O3/c1-14-12-18(26-8-10-29-11-9-26)20(15(2)23-14)24-21(27)19-13-16-6-4-5-7-17(16)22(28)25(19)3/h4-7,12-13H,8-11H2,1-3H3,(H,24,27). The third-order valence-electron chi connectivity index (χ3n) is 5.28. The molecule has 1 N–H and O–H groups in total. The average Bonchev–Trinajstić information content (AvgIpc) is 2.73. The normalized spacial score (nSPS) is 14.2. The van der Waals surface area contributed by atoms with Gasteiger partial charge in [0.05, 0.1) is 30.3 Å². The molecule has 1 aliphatic heterocycles. The highest BCUT2D eigenvalue weighted by atomic mass is 16.5. The van der Waals surface area contributed by atoms with Gasteiger partial charge in [0.25, 0.3) is 11.5 Å². The zero-order valence-electron chi connectivity index (χ0n) is 16.9. The van der Waals surface area contributed by atoms with E-state index < -0.39 is 0 Å². The number of rotatable bonds is 3. The van der Waals surface area contributed by atoms with E-state index in [9.17, 15) is 9.59 Å². The number of nitrogens with zero attached hydrogens (tertiary/aromatic N) is 3. The Bertz CT molecular complexity index is 1150. The summed E-state index contributed by atoms with van der Waals surface area (Å²) in [6.07, 6.45) is 0. The van der Waals surface area contributed by atoms with Crippen LogP contribution in [-0.4, -0.2) is 41.8 Å². The summed E-state index contributed by atoms with van der Waals surface area (Å²) in [6.45, 7) is 6.61. The van der Waals surface area contributed by atoms with Crippen molar-refractivity contribution < 1.29 is 9.53 Å². The van der Waals surface area contributed by atoms with Crippen molar-refractivity contribution in [1.82, 2.24) is 9.55 Å². The zero-order chi connectivity index (χ0) is 20.5. The maximum absolute atomic E-state index is 13.2. The number of hydrogen-bond acceptors (Lipinski definition) is 5. The van der Waals surface area contributed by atoms with E-state index in [0.29, 0.717) is 30.0 Å². The Labute approximate surface area is 168 Å². The van der Waals surface area contributed by atoms with E-state index in [1.807, 2.05) is 38.1 Å². The molecule has 150 valence electrons. The Morgan fingerprint density at radius 1 is 1.14 bits per heavy atom. The third kappa shape index (κ3) is 3.61. The highest BCUT2D eigenvalue weighted by Gasteiger charge is 2.21. The monoisotopic (exact) mass is 392 g/mol. The van der Waals surface area contributed by atoms with Crippen LogP contribution in [0.3, 0.4) is 0 Å². The minimum atomic E-state index is -0.335. The van der Waals surface area contributed by atoms with Gasteiger partial charge < -0.3 is 19.5 Å². The maximum atomic E-state index is 13.2. The second kappa shape index (κ2) is 7.67. The number of nitrogens with one attached hydrogen (secondary N) is 1. The number of fused-ring (bicyclic) bond motifs is 1. The molecule has 29 heavy (non-hydrogen) atoms. The highest BCUT2D eigenvalue weighted by molar-refractivity contribution is 6.07. The molecule has 4 rings (SSSR count). The quantitative estimate of drug-likeness (QED) is 0.742. The maximum Gasteiger partial charge on any atom is 0.272 e. The molecule has 1 aliphatic rings. The van der Waals surface area contributed by atoms with Gasteiger partial charge in [-0.2, -0.15) is 0 Å². The zero-order valence-corrected chi connectivity index (χ0v) is 16.9. The molecule has 0 spiro atoms. The lowest BCUT2D eigenvalue weighted by molar-refractivity contribution is 0.101. The summed E-state index contributed by atoms with van der Waals surface area (Å²) in [4.78, 5) is 32.6. The van der Waals surface area contributed by atoms with Crippen molar-refractivity contribution in [3.05, 3.63) is 63.8 Å². The number of anilines is 2. The summed E-state index contributed by atoms with van der Waals surface area (Å²) >= 11 is 0. The van der Waals surface area contributed by atoms with Crippen LogP contribution in [-0.2, 0) is 11.8 Å². The van der Waals surface area contributed by atoms with Crippen LogP contribution in [0.2, 0.25) is 0 Å². The van der Waals surface area contributed by atoms with Gasteiger partial charge >= 0.3 is 0 Å². The number of benzene rings is 1. The first-order valence-corrected chi connectivity index (χ1v) is 9.67. The molecular formula is C22H24N4O3. The number of amides is 1. The van der Waals surface area contributed by atoms with Crippen LogP contribution in [0.25, 0.3) is 10.8 Å². The number of aromatic nitrogens is 2. The number of carbonyl (C=O) groups is 1. The van der Waals surface area contributed by atoms with Gasteiger partial charge in [-0.15, -0.1) is 0 Å². The molecule has 1 amide bonds. The smallest absolute Gasteiger partial charge is 0.272 e. The molecular weight excluding hydrogens is 368 g/mol. The van der Waals surface area contributed by atoms with Crippen molar-refractivity contribution in [3.8, 4) is 0 Å². The first-order valence-electron chi connectivity index (χ1n) is 9.67. The van der Waals surface area contributed by atoms with Crippen LogP contribution in [0.4, 0.5) is 11.4 Å². The molecule has 1 saturated heterocycles. The van der Waals surface area contributed by atoms with Crippen LogP contribution >= 0.6 is 0 Å². The summed E-state index contributed by atoms with van der Waals surface area (Å²) in [6, 6.07) is 11.0. The summed E-state index contributed by atoms with van der Waals surface area (Å²) in [5.74, 6) is -0.335. The van der Waals surface area contributed by atoms with Crippen molar-refractivity contribution in [1.29, 1.82) is 0 Å². The van der Waals surface area contributed by atoms with Crippen molar-refractivity contribution in [3.63, 3.8) is 0 Å². The van der Waals surface area contributed by atoms with Crippen molar-refractivity contribution >= 4 is 28.1 Å². The number of ether oxygens (including phenoxy) is 1. The van der Waals surface area contributed by atoms with Gasteiger partial charge in [-0.05, 0) is 37.4 Å². The van der Waals surface area contributed by atoms with Gasteiger partial charge in [-0.1, -0.05) is 18.2 Å². The molecule has 0 saturated carbocycles. The molecule has 7 nitrogen and oxygen atoms in total. The number of pyridine rings is 2. The topological polar surface area (TPSA) is 76.5 Å². The molecule has 0 radical (unpaired) electrons. The molecule has 0 bridgehead atoms. The first-order chi connectivity index (χ1) is 14.0. The van der Waals surface area contributed by atoms with Crippen molar-refractivity contribution in [2.24, 2.45) is 7.05 Å². The van der Waals surface area contributed by atoms with E-state index in [1.165, 1.54) is 4.57 Å². The van der Waals surface area contributed by atoms with Crippen molar-refractivity contribution in [2.45, 2.75) is 13.8 Å². The second-order valence-corrected chi connectivity index (χ2v) is 7.28. The number of aryl methyl sites for hydroxylation is 2. The Morgan fingerprint density at radius 3 is 2.62 bits per heavy atom. The minimum Gasteiger partial charge on any atom is -0.378 e. The fourth-order valence-corrected chi connectivity index (χ4v) is 3.76. The predicted molar refractivity (Wildman–Crippen MR) is 114 cm³/mol. The van der Waals surface area contributed by atoms with Crippen LogP contribution < -0.4 is 15.8 Å². The van der Waals surface area contributed by atoms with E-state index in [2.05, 4.69) is 15.2 Å². The molecule has 0 unspecified atom stereocenters. The van der Waals surface area contributed by atoms with Crippen molar-refractivity contribution in [2.75, 3.05) is 36.5 Å². The van der Waals surface area contributed by atoms with E-state index >= 15 is 0 Å². The van der Waals surface area contributed by atoms with Gasteiger partial charge in [0, 0.05) is 31.2 Å². The molecule has 0 aliphatic carbocycles. The molecule has 0 atom stereocenters. The number of hydrogen-bond donors (Lipinski definition) is 1. The SMILES string of the molecule is Cc1cc(N2CCOCC2)c(NC(=O)c2cc3ccccc3c(=O)n2C)c(C)n1. The Morgan fingerprint density at radius 2 is 1.86 bits per heavy atom. The molecule has 3 aromatic rings. The fourth-order valence-electron chi connectivity index (χ4n) is 3.76. The minimum absolute atomic E-state index is 0.194. The van der Waals surface area contributed by atoms with Crippen LogP contribution in [0.1, 0.15) is 21.9 Å². The van der Waals surface area contributed by atoms with Crippen LogP contribution in [0.15, 0.2) is 41.2 Å². The van der Waals surface area contributed by atoms with E-state index in [0.717, 1.165) is 35.6 Å². The third-order valence-corrected chi connectivity index (χ3v) is 5.28. The Kier molecular flexibility index (Phi) is 5.07. The summed E-state index contributed by atoms with van der Waals surface area (Å²) in [5.41, 5.74) is 3.34. The summed E-state index contributed by atoms with van der Waals surface area (Å²) in [5, 5.41) is 4.34. The lowest BCUT2D eigenvalue weighted by Crippen LogP contribution is -2.37. The predicted octanol–water partition coefficient (Wildman–Crippen LogP) is 2.64. The summed E-state index contributed by atoms with van der Waals surface area (Å²) < 4.78 is 6.85. The van der Waals surface area contributed by atoms with E-state index in [-0.39, 0.29) is 11.5 Å². The first kappa shape index (κ1) is 19.1. The molecule has 1 aromatic carbocycles. The van der Waals surface area contributed by atoms with Gasteiger partial charge in [-0.25, -0.2) is 0 Å². The lowest BCUT2D eigenvalue weighted by Gasteiger charge is -2.31.